The molecule has 0 radical (unpaired) electrons. The highest BCUT2D eigenvalue weighted by molar-refractivity contribution is 5.79. The van der Waals surface area contributed by atoms with Gasteiger partial charge in [-0.1, -0.05) is 13.0 Å². The van der Waals surface area contributed by atoms with Crippen LogP contribution in [0.2, 0.25) is 0 Å². The lowest BCUT2D eigenvalue weighted by molar-refractivity contribution is -0.145. The Morgan fingerprint density at radius 2 is 1.50 bits per heavy atom. The van der Waals surface area contributed by atoms with Crippen molar-refractivity contribution in [2.24, 2.45) is 5.73 Å². The van der Waals surface area contributed by atoms with Crippen LogP contribution in [0.1, 0.15) is 59.9 Å². The average Bonchev–Trinajstić information content (AvgIpc) is 2.75. The van der Waals surface area contributed by atoms with E-state index in [4.69, 9.17) is 34.2 Å². The zero-order valence-corrected chi connectivity index (χ0v) is 21.5. The van der Waals surface area contributed by atoms with Crippen molar-refractivity contribution >= 4 is 24.4 Å². The molecule has 0 amide bonds. The molecule has 2 atom stereocenters. The van der Waals surface area contributed by atoms with Crippen molar-refractivity contribution in [3.8, 4) is 11.5 Å². The fourth-order valence-electron chi connectivity index (χ4n) is 2.94. The van der Waals surface area contributed by atoms with Crippen LogP contribution in [-0.2, 0) is 30.2 Å². The van der Waals surface area contributed by atoms with Gasteiger partial charge in [-0.15, -0.1) is 0 Å². The smallest absolute Gasteiger partial charge is 0.480 e. The maximum Gasteiger partial charge on any atom is 0.513 e. The molecular weight excluding hydrogens is 478 g/mol. The van der Waals surface area contributed by atoms with Gasteiger partial charge in [0.05, 0.1) is 13.2 Å². The third kappa shape index (κ3) is 9.98. The van der Waals surface area contributed by atoms with Gasteiger partial charge in [0.15, 0.2) is 11.5 Å². The Balaban J connectivity index is 3.11. The average molecular weight is 514 g/mol. The molecule has 12 nitrogen and oxygen atoms in total. The van der Waals surface area contributed by atoms with Gasteiger partial charge in [-0.3, -0.25) is 4.79 Å². The first-order chi connectivity index (χ1) is 16.7. The van der Waals surface area contributed by atoms with E-state index in [-0.39, 0.29) is 37.6 Å². The van der Waals surface area contributed by atoms with E-state index in [2.05, 4.69) is 0 Å². The second-order valence-electron chi connectivity index (χ2n) is 8.59. The summed E-state index contributed by atoms with van der Waals surface area (Å²) in [7, 11) is 0. The maximum absolute atomic E-state index is 12.1. The number of hydrogen-bond donors (Lipinski definition) is 2. The summed E-state index contributed by atoms with van der Waals surface area (Å²) in [5, 5.41) is 9.83. The third-order valence-corrected chi connectivity index (χ3v) is 5.02. The number of nitrogens with two attached hydrogens (primary N) is 1. The first-order valence-electron chi connectivity index (χ1n) is 11.5. The van der Waals surface area contributed by atoms with Crippen LogP contribution < -0.4 is 15.2 Å². The first kappa shape index (κ1) is 30.5. The Morgan fingerprint density at radius 3 is 2.00 bits per heavy atom. The van der Waals surface area contributed by atoms with E-state index >= 15 is 0 Å². The highest BCUT2D eigenvalue weighted by Gasteiger charge is 2.38. The summed E-state index contributed by atoms with van der Waals surface area (Å²) >= 11 is 0. The SMILES string of the molecule is CCOC(=O)Oc1ccc(CC(N)(C[C@H](C)OC(=O)OC(C)(C)CC)C(=O)O)cc1OC(=O)OCC. The zero-order chi connectivity index (χ0) is 27.5. The molecule has 0 aliphatic carbocycles. The van der Waals surface area contributed by atoms with E-state index in [1.54, 1.807) is 27.7 Å². The standard InChI is InChI=1S/C24H35NO11/c1-7-23(5,6)36-22(30)33-15(4)13-24(25,19(26)27)14-16-10-11-17(34-20(28)31-8-2)18(12-16)35-21(29)32-9-3/h10-12,15H,7-9,13-14,25H2,1-6H3,(H,26,27)/t15-,24?/m0/s1. The topological polar surface area (TPSA) is 170 Å². The fourth-order valence-corrected chi connectivity index (χ4v) is 2.94. The van der Waals surface area contributed by atoms with Crippen LogP contribution in [0.25, 0.3) is 0 Å². The molecule has 12 heteroatoms. The molecule has 0 spiro atoms. The maximum atomic E-state index is 12.1. The molecule has 0 saturated heterocycles. The number of carbonyl (C=O) groups excluding carboxylic acids is 3. The number of hydrogen-bond acceptors (Lipinski definition) is 11. The van der Waals surface area contributed by atoms with Crippen molar-refractivity contribution in [3.63, 3.8) is 0 Å². The molecule has 0 heterocycles. The van der Waals surface area contributed by atoms with Gasteiger partial charge >= 0.3 is 24.4 Å². The minimum atomic E-state index is -1.87. The summed E-state index contributed by atoms with van der Waals surface area (Å²) in [6.07, 6.45) is -3.86. The summed E-state index contributed by atoms with van der Waals surface area (Å²) in [6, 6.07) is 4.04. The Labute approximate surface area is 209 Å². The molecule has 3 N–H and O–H groups in total. The van der Waals surface area contributed by atoms with Crippen molar-refractivity contribution in [2.75, 3.05) is 13.2 Å². The fraction of sp³-hybridized carbons (Fsp3) is 0.583. The molecule has 1 aromatic carbocycles. The van der Waals surface area contributed by atoms with Gasteiger partial charge in [-0.25, -0.2) is 14.4 Å². The van der Waals surface area contributed by atoms with Crippen LogP contribution in [0, 0.1) is 0 Å². The highest BCUT2D eigenvalue weighted by Crippen LogP contribution is 2.31. The van der Waals surface area contributed by atoms with Crippen molar-refractivity contribution in [1.29, 1.82) is 0 Å². The normalized spacial score (nSPS) is 13.5. The second kappa shape index (κ2) is 13.5. The molecule has 202 valence electrons. The van der Waals surface area contributed by atoms with Crippen LogP contribution in [0.5, 0.6) is 11.5 Å². The van der Waals surface area contributed by atoms with Crippen LogP contribution in [0.3, 0.4) is 0 Å². The molecule has 1 unspecified atom stereocenters. The molecular formula is C24H35NO11. The molecule has 36 heavy (non-hydrogen) atoms. The molecule has 0 aromatic heterocycles. The van der Waals surface area contributed by atoms with E-state index in [1.807, 2.05) is 6.92 Å². The number of carboxylic acids is 1. The van der Waals surface area contributed by atoms with E-state index in [9.17, 15) is 24.3 Å². The summed E-state index contributed by atoms with van der Waals surface area (Å²) in [5.74, 6) is -1.71. The quantitative estimate of drug-likeness (QED) is 0.232. The Kier molecular flexibility index (Phi) is 11.5. The van der Waals surface area contributed by atoms with Crippen LogP contribution in [0.4, 0.5) is 14.4 Å². The Bertz CT molecular complexity index is 931. The van der Waals surface area contributed by atoms with Crippen molar-refractivity contribution in [1.82, 2.24) is 0 Å². The molecule has 0 saturated carbocycles. The van der Waals surface area contributed by atoms with E-state index in [0.717, 1.165) is 0 Å². The molecule has 1 aromatic rings. The lowest BCUT2D eigenvalue weighted by Gasteiger charge is -2.29. The minimum absolute atomic E-state index is 0.0350. The molecule has 0 fully saturated rings. The van der Waals surface area contributed by atoms with Gasteiger partial charge in [-0.2, -0.15) is 0 Å². The highest BCUT2D eigenvalue weighted by atomic mass is 16.7. The molecule has 1 rings (SSSR count). The molecule has 0 aliphatic heterocycles. The number of aliphatic carboxylic acids is 1. The number of carboxylic acid groups (broad SMARTS) is 1. The number of ether oxygens (including phenoxy) is 6. The van der Waals surface area contributed by atoms with Gasteiger partial charge in [0.25, 0.3) is 0 Å². The van der Waals surface area contributed by atoms with E-state index < -0.39 is 41.7 Å². The molecule has 0 bridgehead atoms. The Morgan fingerprint density at radius 1 is 0.944 bits per heavy atom. The second-order valence-corrected chi connectivity index (χ2v) is 8.59. The van der Waals surface area contributed by atoms with Gasteiger partial charge in [0.1, 0.15) is 17.2 Å². The monoisotopic (exact) mass is 513 g/mol. The number of rotatable bonds is 12. The summed E-state index contributed by atoms with van der Waals surface area (Å²) in [4.78, 5) is 47.7. The predicted octanol–water partition coefficient (Wildman–Crippen LogP) is 4.20. The lowest BCUT2D eigenvalue weighted by atomic mass is 9.86. The first-order valence-corrected chi connectivity index (χ1v) is 11.5. The summed E-state index contributed by atoms with van der Waals surface area (Å²) in [5.41, 5.74) is 3.91. The van der Waals surface area contributed by atoms with Crippen molar-refractivity contribution in [3.05, 3.63) is 23.8 Å². The molecule has 0 aliphatic rings. The van der Waals surface area contributed by atoms with Crippen LogP contribution in [-0.4, -0.2) is 60.0 Å². The lowest BCUT2D eigenvalue weighted by Crippen LogP contribution is -2.52. The number of carbonyl (C=O) groups is 4. The largest absolute Gasteiger partial charge is 0.513 e. The van der Waals surface area contributed by atoms with Gasteiger partial charge in [0.2, 0.25) is 0 Å². The van der Waals surface area contributed by atoms with E-state index in [0.29, 0.717) is 12.0 Å². The summed E-state index contributed by atoms with van der Waals surface area (Å²) < 4.78 is 30.0. The van der Waals surface area contributed by atoms with Crippen LogP contribution >= 0.6 is 0 Å². The van der Waals surface area contributed by atoms with Gasteiger partial charge < -0.3 is 39.3 Å². The minimum Gasteiger partial charge on any atom is -0.480 e. The zero-order valence-electron chi connectivity index (χ0n) is 21.5. The Hall–Kier alpha value is -3.54. The van der Waals surface area contributed by atoms with Crippen molar-refractivity contribution in [2.45, 2.75) is 78.0 Å². The van der Waals surface area contributed by atoms with Gasteiger partial charge in [0, 0.05) is 12.8 Å². The third-order valence-electron chi connectivity index (χ3n) is 5.02. The predicted molar refractivity (Wildman–Crippen MR) is 126 cm³/mol. The summed E-state index contributed by atoms with van der Waals surface area (Å²) in [6.45, 7) is 10.0. The van der Waals surface area contributed by atoms with Crippen molar-refractivity contribution < 1.29 is 52.7 Å². The number of benzene rings is 1. The van der Waals surface area contributed by atoms with E-state index in [1.165, 1.54) is 25.1 Å². The van der Waals surface area contributed by atoms with Gasteiger partial charge in [-0.05, 0) is 58.7 Å². The van der Waals surface area contributed by atoms with Crippen LogP contribution in [0.15, 0.2) is 18.2 Å².